The third-order valence-electron chi connectivity index (χ3n) is 2.77. The Kier molecular flexibility index (Phi) is 5.06. The lowest BCUT2D eigenvalue weighted by molar-refractivity contribution is 0.0819. The Morgan fingerprint density at radius 1 is 1.30 bits per heavy atom. The van der Waals surface area contributed by atoms with E-state index in [-0.39, 0.29) is 0 Å². The molecule has 2 aromatic rings. The van der Waals surface area contributed by atoms with Crippen molar-refractivity contribution in [3.8, 4) is 16.9 Å². The van der Waals surface area contributed by atoms with Gasteiger partial charge < -0.3 is 10.5 Å². The summed E-state index contributed by atoms with van der Waals surface area (Å²) in [7, 11) is 0. The van der Waals surface area contributed by atoms with Crippen LogP contribution in [0.1, 0.15) is 6.42 Å². The molecular formula is C14H17F2N3O. The van der Waals surface area contributed by atoms with Gasteiger partial charge in [0.25, 0.3) is 6.43 Å². The first-order chi connectivity index (χ1) is 9.69. The van der Waals surface area contributed by atoms with Crippen molar-refractivity contribution in [1.82, 2.24) is 9.78 Å². The lowest BCUT2D eigenvalue weighted by atomic mass is 10.1. The van der Waals surface area contributed by atoms with Crippen LogP contribution in [0.5, 0.6) is 5.75 Å². The summed E-state index contributed by atoms with van der Waals surface area (Å²) in [5, 5.41) is 4.23. The lowest BCUT2D eigenvalue weighted by Gasteiger charge is -2.06. The molecule has 0 fully saturated rings. The molecule has 1 aromatic carbocycles. The van der Waals surface area contributed by atoms with Crippen LogP contribution in [-0.4, -0.2) is 29.4 Å². The highest BCUT2D eigenvalue weighted by molar-refractivity contribution is 5.63. The van der Waals surface area contributed by atoms with Gasteiger partial charge in [-0.15, -0.1) is 0 Å². The predicted molar refractivity (Wildman–Crippen MR) is 72.8 cm³/mol. The van der Waals surface area contributed by atoms with E-state index in [2.05, 4.69) is 5.10 Å². The molecule has 0 radical (unpaired) electrons. The maximum atomic E-state index is 12.1. The first-order valence-electron chi connectivity index (χ1n) is 6.43. The molecule has 4 nitrogen and oxygen atoms in total. The molecule has 0 unspecified atom stereocenters. The van der Waals surface area contributed by atoms with Crippen LogP contribution in [-0.2, 0) is 6.54 Å². The van der Waals surface area contributed by atoms with Crippen LogP contribution in [0.3, 0.4) is 0 Å². The molecule has 2 rings (SSSR count). The molecule has 0 aliphatic rings. The van der Waals surface area contributed by atoms with Crippen LogP contribution >= 0.6 is 0 Å². The number of halogens is 2. The van der Waals surface area contributed by atoms with Crippen LogP contribution < -0.4 is 10.5 Å². The average Bonchev–Trinajstić information content (AvgIpc) is 2.92. The monoisotopic (exact) mass is 281 g/mol. The second-order valence-corrected chi connectivity index (χ2v) is 4.36. The highest BCUT2D eigenvalue weighted by Gasteiger charge is 2.06. The number of hydrogen-bond donors (Lipinski definition) is 1. The van der Waals surface area contributed by atoms with Crippen LogP contribution in [0.2, 0.25) is 0 Å². The Morgan fingerprint density at radius 2 is 2.15 bits per heavy atom. The van der Waals surface area contributed by atoms with Gasteiger partial charge in [-0.25, -0.2) is 8.78 Å². The lowest BCUT2D eigenvalue weighted by Crippen LogP contribution is -2.06. The number of nitrogens with two attached hydrogens (primary N) is 1. The first-order valence-corrected chi connectivity index (χ1v) is 6.43. The SMILES string of the molecule is NCCCn1cc(-c2cccc(OCC(F)F)c2)cn1. The Hall–Kier alpha value is -1.95. The van der Waals surface area contributed by atoms with Crippen molar-refractivity contribution < 1.29 is 13.5 Å². The van der Waals surface area contributed by atoms with E-state index in [0.29, 0.717) is 12.3 Å². The van der Waals surface area contributed by atoms with Gasteiger partial charge >= 0.3 is 0 Å². The molecule has 0 atom stereocenters. The summed E-state index contributed by atoms with van der Waals surface area (Å²) >= 11 is 0. The van der Waals surface area contributed by atoms with E-state index < -0.39 is 13.0 Å². The summed E-state index contributed by atoms with van der Waals surface area (Å²) in [6.07, 6.45) is 2.03. The van der Waals surface area contributed by atoms with E-state index >= 15 is 0 Å². The number of aryl methyl sites for hydroxylation is 1. The number of nitrogens with zero attached hydrogens (tertiary/aromatic N) is 2. The highest BCUT2D eigenvalue weighted by atomic mass is 19.3. The summed E-state index contributed by atoms with van der Waals surface area (Å²) in [6.45, 7) is 0.781. The minimum Gasteiger partial charge on any atom is -0.488 e. The molecule has 2 N–H and O–H groups in total. The zero-order chi connectivity index (χ0) is 14.4. The fraction of sp³-hybridized carbons (Fsp3) is 0.357. The molecule has 0 spiro atoms. The van der Waals surface area contributed by atoms with E-state index in [1.165, 1.54) is 0 Å². The van der Waals surface area contributed by atoms with Crippen LogP contribution in [0.15, 0.2) is 36.7 Å². The summed E-state index contributed by atoms with van der Waals surface area (Å²) < 4.78 is 31.1. The van der Waals surface area contributed by atoms with Crippen LogP contribution in [0, 0.1) is 0 Å². The molecule has 0 aliphatic carbocycles. The van der Waals surface area contributed by atoms with Crippen molar-refractivity contribution in [2.45, 2.75) is 19.4 Å². The smallest absolute Gasteiger partial charge is 0.272 e. The standard InChI is InChI=1S/C14H17F2N3O/c15-14(16)10-20-13-4-1-3-11(7-13)12-8-18-19(9-12)6-2-5-17/h1,3-4,7-9,14H,2,5-6,10,17H2. The number of hydrogen-bond acceptors (Lipinski definition) is 3. The van der Waals surface area contributed by atoms with Crippen molar-refractivity contribution in [2.24, 2.45) is 5.73 Å². The number of ether oxygens (including phenoxy) is 1. The van der Waals surface area contributed by atoms with E-state index in [9.17, 15) is 8.78 Å². The van der Waals surface area contributed by atoms with E-state index in [4.69, 9.17) is 10.5 Å². The van der Waals surface area contributed by atoms with Gasteiger partial charge in [-0.2, -0.15) is 5.10 Å². The Balaban J connectivity index is 2.08. The summed E-state index contributed by atoms with van der Waals surface area (Å²) in [4.78, 5) is 0. The molecule has 108 valence electrons. The molecule has 0 bridgehead atoms. The van der Waals surface area contributed by atoms with Crippen LogP contribution in [0.25, 0.3) is 11.1 Å². The van der Waals surface area contributed by atoms with Gasteiger partial charge in [-0.05, 0) is 30.7 Å². The van der Waals surface area contributed by atoms with Crippen molar-refractivity contribution >= 4 is 0 Å². The van der Waals surface area contributed by atoms with Gasteiger partial charge in [0.05, 0.1) is 6.20 Å². The number of benzene rings is 1. The molecule has 0 aliphatic heterocycles. The minimum atomic E-state index is -2.47. The molecule has 0 amide bonds. The van der Waals surface area contributed by atoms with Crippen LogP contribution in [0.4, 0.5) is 8.78 Å². The summed E-state index contributed by atoms with van der Waals surface area (Å²) in [5.74, 6) is 0.428. The van der Waals surface area contributed by atoms with E-state index in [0.717, 1.165) is 24.1 Å². The second-order valence-electron chi connectivity index (χ2n) is 4.36. The molecule has 1 heterocycles. The van der Waals surface area contributed by atoms with Gasteiger partial charge in [-0.1, -0.05) is 12.1 Å². The first kappa shape index (κ1) is 14.5. The molecule has 1 aromatic heterocycles. The van der Waals surface area contributed by atoms with Gasteiger partial charge in [0.2, 0.25) is 0 Å². The minimum absolute atomic E-state index is 0.428. The largest absolute Gasteiger partial charge is 0.488 e. The number of aromatic nitrogens is 2. The molecular weight excluding hydrogens is 264 g/mol. The zero-order valence-corrected chi connectivity index (χ0v) is 11.0. The van der Waals surface area contributed by atoms with Gasteiger partial charge in [0, 0.05) is 18.3 Å². The molecule has 0 saturated heterocycles. The predicted octanol–water partition coefficient (Wildman–Crippen LogP) is 2.54. The fourth-order valence-corrected chi connectivity index (χ4v) is 1.81. The quantitative estimate of drug-likeness (QED) is 0.848. The molecule has 0 saturated carbocycles. The Labute approximate surface area is 116 Å². The van der Waals surface area contributed by atoms with Crippen molar-refractivity contribution in [3.63, 3.8) is 0 Å². The maximum absolute atomic E-state index is 12.1. The fourth-order valence-electron chi connectivity index (χ4n) is 1.81. The average molecular weight is 281 g/mol. The second kappa shape index (κ2) is 7.00. The van der Waals surface area contributed by atoms with Gasteiger partial charge in [-0.3, -0.25) is 4.68 Å². The molecule has 20 heavy (non-hydrogen) atoms. The maximum Gasteiger partial charge on any atom is 0.272 e. The normalized spacial score (nSPS) is 11.0. The number of alkyl halides is 2. The topological polar surface area (TPSA) is 53.1 Å². The Morgan fingerprint density at radius 3 is 2.90 bits per heavy atom. The highest BCUT2D eigenvalue weighted by Crippen LogP contribution is 2.23. The van der Waals surface area contributed by atoms with Gasteiger partial charge in [0.1, 0.15) is 12.4 Å². The van der Waals surface area contributed by atoms with E-state index in [1.807, 2.05) is 16.9 Å². The van der Waals surface area contributed by atoms with E-state index in [1.54, 1.807) is 24.4 Å². The number of rotatable bonds is 7. The van der Waals surface area contributed by atoms with Crippen molar-refractivity contribution in [2.75, 3.05) is 13.2 Å². The Bertz CT molecular complexity index is 543. The molecule has 6 heteroatoms. The van der Waals surface area contributed by atoms with Crippen molar-refractivity contribution in [3.05, 3.63) is 36.7 Å². The third-order valence-corrected chi connectivity index (χ3v) is 2.77. The van der Waals surface area contributed by atoms with Crippen molar-refractivity contribution in [1.29, 1.82) is 0 Å². The third kappa shape index (κ3) is 4.03. The zero-order valence-electron chi connectivity index (χ0n) is 11.0. The summed E-state index contributed by atoms with van der Waals surface area (Å²) in [5.41, 5.74) is 7.26. The summed E-state index contributed by atoms with van der Waals surface area (Å²) in [6, 6.07) is 7.05. The van der Waals surface area contributed by atoms with Gasteiger partial charge in [0.15, 0.2) is 0 Å².